The Morgan fingerprint density at radius 3 is 2.70 bits per heavy atom. The summed E-state index contributed by atoms with van der Waals surface area (Å²) in [7, 11) is 0. The lowest BCUT2D eigenvalue weighted by Crippen LogP contribution is -2.15. The van der Waals surface area contributed by atoms with Crippen molar-refractivity contribution in [3.63, 3.8) is 0 Å². The summed E-state index contributed by atoms with van der Waals surface area (Å²) in [4.78, 5) is 21.5. The summed E-state index contributed by atoms with van der Waals surface area (Å²) < 4.78 is 2.21. The number of nitrogens with zero attached hydrogens (tertiary/aromatic N) is 5. The third-order valence-corrected chi connectivity index (χ3v) is 4.97. The smallest absolute Gasteiger partial charge is 0.224 e. The monoisotopic (exact) mass is 363 g/mol. The Balaban J connectivity index is 1.79. The van der Waals surface area contributed by atoms with Crippen molar-refractivity contribution in [2.24, 2.45) is 0 Å². The minimum Gasteiger partial charge on any atom is -0.352 e. The number of aryl methyl sites for hydroxylation is 1. The molecule has 0 radical (unpaired) electrons. The van der Waals surface area contributed by atoms with E-state index < -0.39 is 0 Å². The summed E-state index contributed by atoms with van der Waals surface area (Å²) in [5.74, 6) is 1.63. The molecular formula is C20H25N7. The molecular weight excluding hydrogens is 338 g/mol. The van der Waals surface area contributed by atoms with Gasteiger partial charge in [-0.2, -0.15) is 4.98 Å². The van der Waals surface area contributed by atoms with Crippen LogP contribution in [0.2, 0.25) is 0 Å². The minimum absolute atomic E-state index is 0.326. The first-order chi connectivity index (χ1) is 13.0. The lowest BCUT2D eigenvalue weighted by molar-refractivity contribution is 0.600. The molecule has 4 rings (SSSR count). The van der Waals surface area contributed by atoms with Crippen LogP contribution in [0.3, 0.4) is 0 Å². The second kappa shape index (κ2) is 6.64. The Hall–Kier alpha value is -2.96. The van der Waals surface area contributed by atoms with E-state index in [1.54, 1.807) is 0 Å². The van der Waals surface area contributed by atoms with Crippen molar-refractivity contribution in [2.45, 2.75) is 53.1 Å². The van der Waals surface area contributed by atoms with E-state index in [-0.39, 0.29) is 0 Å². The van der Waals surface area contributed by atoms with E-state index in [9.17, 15) is 0 Å². The van der Waals surface area contributed by atoms with Crippen LogP contribution in [0.5, 0.6) is 0 Å². The summed E-state index contributed by atoms with van der Waals surface area (Å²) in [6.07, 6.45) is 6.73. The van der Waals surface area contributed by atoms with Gasteiger partial charge in [-0.05, 0) is 40.2 Å². The van der Waals surface area contributed by atoms with E-state index >= 15 is 0 Å². The molecule has 0 amide bonds. The SMILES string of the molecule is CC[C@H](C)Nc1ncc2c(-c3cnc4nc(C)n(C(C)C)c4c3)c[nH]c2n1. The molecule has 0 aromatic carbocycles. The standard InChI is InChI=1S/C20H25N7/c1-6-12(4)24-20-23-10-16-15(9-22-18(16)26-20)14-7-17-19(21-8-14)25-13(5)27(17)11(2)3/h7-12H,6H2,1-5H3,(H2,22,23,24,26)/t12-/m0/s1. The van der Waals surface area contributed by atoms with Crippen LogP contribution >= 0.6 is 0 Å². The number of imidazole rings is 1. The predicted molar refractivity (Wildman–Crippen MR) is 109 cm³/mol. The van der Waals surface area contributed by atoms with Crippen LogP contribution in [-0.4, -0.2) is 35.5 Å². The molecule has 7 heteroatoms. The zero-order valence-corrected chi connectivity index (χ0v) is 16.4. The average molecular weight is 363 g/mol. The molecule has 4 heterocycles. The van der Waals surface area contributed by atoms with Gasteiger partial charge >= 0.3 is 0 Å². The summed E-state index contributed by atoms with van der Waals surface area (Å²) in [5.41, 5.74) is 4.72. The second-order valence-corrected chi connectivity index (χ2v) is 7.30. The largest absolute Gasteiger partial charge is 0.352 e. The molecule has 0 unspecified atom stereocenters. The van der Waals surface area contributed by atoms with E-state index in [1.807, 2.05) is 25.5 Å². The number of rotatable bonds is 5. The molecule has 27 heavy (non-hydrogen) atoms. The highest BCUT2D eigenvalue weighted by molar-refractivity contribution is 5.95. The van der Waals surface area contributed by atoms with Crippen molar-refractivity contribution >= 4 is 28.1 Å². The van der Waals surface area contributed by atoms with Crippen LogP contribution in [0, 0.1) is 6.92 Å². The van der Waals surface area contributed by atoms with Gasteiger partial charge in [-0.15, -0.1) is 0 Å². The number of H-pyrrole nitrogens is 1. The molecule has 0 aliphatic heterocycles. The molecule has 0 bridgehead atoms. The first kappa shape index (κ1) is 17.5. The number of nitrogens with one attached hydrogen (secondary N) is 2. The maximum absolute atomic E-state index is 4.61. The van der Waals surface area contributed by atoms with E-state index in [2.05, 4.69) is 68.6 Å². The number of anilines is 1. The molecule has 4 aromatic rings. The Bertz CT molecular complexity index is 1110. The van der Waals surface area contributed by atoms with Crippen molar-refractivity contribution in [3.05, 3.63) is 30.5 Å². The van der Waals surface area contributed by atoms with Crippen LogP contribution in [0.25, 0.3) is 33.3 Å². The quantitative estimate of drug-likeness (QED) is 0.546. The fourth-order valence-electron chi connectivity index (χ4n) is 3.43. The zero-order chi connectivity index (χ0) is 19.1. The topological polar surface area (TPSA) is 84.3 Å². The Morgan fingerprint density at radius 2 is 1.96 bits per heavy atom. The second-order valence-electron chi connectivity index (χ2n) is 7.30. The van der Waals surface area contributed by atoms with E-state index in [4.69, 9.17) is 0 Å². The summed E-state index contributed by atoms with van der Waals surface area (Å²) in [5, 5.41) is 4.30. The van der Waals surface area contributed by atoms with Gasteiger partial charge in [0.15, 0.2) is 5.65 Å². The molecule has 0 saturated carbocycles. The van der Waals surface area contributed by atoms with E-state index in [0.29, 0.717) is 18.0 Å². The van der Waals surface area contributed by atoms with Crippen molar-refractivity contribution < 1.29 is 0 Å². The number of pyridine rings is 1. The van der Waals surface area contributed by atoms with Crippen molar-refractivity contribution in [1.29, 1.82) is 0 Å². The van der Waals surface area contributed by atoms with Crippen LogP contribution in [0.15, 0.2) is 24.7 Å². The fourth-order valence-corrected chi connectivity index (χ4v) is 3.43. The van der Waals surface area contributed by atoms with Crippen LogP contribution in [0.1, 0.15) is 46.0 Å². The van der Waals surface area contributed by atoms with Gasteiger partial charge < -0.3 is 14.9 Å². The highest BCUT2D eigenvalue weighted by Gasteiger charge is 2.15. The first-order valence-corrected chi connectivity index (χ1v) is 9.43. The summed E-state index contributed by atoms with van der Waals surface area (Å²) in [6.45, 7) is 10.6. The lowest BCUT2D eigenvalue weighted by atomic mass is 10.1. The number of aromatic amines is 1. The van der Waals surface area contributed by atoms with Crippen molar-refractivity contribution in [3.8, 4) is 11.1 Å². The van der Waals surface area contributed by atoms with E-state index in [0.717, 1.165) is 45.6 Å². The Labute approximate surface area is 158 Å². The highest BCUT2D eigenvalue weighted by Crippen LogP contribution is 2.30. The maximum Gasteiger partial charge on any atom is 0.224 e. The van der Waals surface area contributed by atoms with Gasteiger partial charge in [-0.25, -0.2) is 15.0 Å². The van der Waals surface area contributed by atoms with E-state index in [1.165, 1.54) is 0 Å². The highest BCUT2D eigenvalue weighted by atomic mass is 15.1. The third kappa shape index (κ3) is 3.03. The number of fused-ring (bicyclic) bond motifs is 2. The van der Waals surface area contributed by atoms with Gasteiger partial charge in [0.05, 0.1) is 5.52 Å². The zero-order valence-electron chi connectivity index (χ0n) is 16.4. The summed E-state index contributed by atoms with van der Waals surface area (Å²) in [6, 6.07) is 2.81. The number of hydrogen-bond donors (Lipinski definition) is 2. The molecule has 2 N–H and O–H groups in total. The molecule has 0 fully saturated rings. The molecule has 140 valence electrons. The first-order valence-electron chi connectivity index (χ1n) is 9.43. The third-order valence-electron chi connectivity index (χ3n) is 4.97. The molecule has 0 spiro atoms. The van der Waals surface area contributed by atoms with Gasteiger partial charge in [-0.3, -0.25) is 0 Å². The molecule has 0 saturated heterocycles. The predicted octanol–water partition coefficient (Wildman–Crippen LogP) is 4.47. The van der Waals surface area contributed by atoms with Crippen molar-refractivity contribution in [2.75, 3.05) is 5.32 Å². The maximum atomic E-state index is 4.61. The van der Waals surface area contributed by atoms with Crippen LogP contribution in [-0.2, 0) is 0 Å². The van der Waals surface area contributed by atoms with Crippen LogP contribution in [0.4, 0.5) is 5.95 Å². The van der Waals surface area contributed by atoms with Crippen LogP contribution < -0.4 is 5.32 Å². The molecule has 4 aromatic heterocycles. The molecule has 0 aliphatic rings. The number of aromatic nitrogens is 6. The summed E-state index contributed by atoms with van der Waals surface area (Å²) >= 11 is 0. The van der Waals surface area contributed by atoms with Crippen molar-refractivity contribution in [1.82, 2.24) is 29.5 Å². The van der Waals surface area contributed by atoms with Gasteiger partial charge in [-0.1, -0.05) is 6.92 Å². The molecule has 0 aliphatic carbocycles. The Morgan fingerprint density at radius 1 is 1.15 bits per heavy atom. The van der Waals surface area contributed by atoms with Gasteiger partial charge in [0, 0.05) is 47.2 Å². The Kier molecular flexibility index (Phi) is 4.30. The van der Waals surface area contributed by atoms with Gasteiger partial charge in [0.2, 0.25) is 5.95 Å². The molecule has 1 atom stereocenters. The minimum atomic E-state index is 0.326. The fraction of sp³-hybridized carbons (Fsp3) is 0.400. The normalized spacial score (nSPS) is 13.0. The van der Waals surface area contributed by atoms with Gasteiger partial charge in [0.1, 0.15) is 11.5 Å². The molecule has 7 nitrogen and oxygen atoms in total. The number of hydrogen-bond acceptors (Lipinski definition) is 5. The lowest BCUT2D eigenvalue weighted by Gasteiger charge is -2.11. The van der Waals surface area contributed by atoms with Gasteiger partial charge in [0.25, 0.3) is 0 Å². The average Bonchev–Trinajstić information content (AvgIpc) is 3.20.